The molecule has 0 amide bonds. The molecule has 2 rings (SSSR count). The first-order valence-corrected chi connectivity index (χ1v) is 7.22. The molecular formula is C16H23NO2. The van der Waals surface area contributed by atoms with Gasteiger partial charge in [-0.1, -0.05) is 31.2 Å². The number of benzene rings is 1. The molecule has 0 aromatic heterocycles. The van der Waals surface area contributed by atoms with Gasteiger partial charge in [0.1, 0.15) is 0 Å². The Morgan fingerprint density at radius 3 is 2.53 bits per heavy atom. The number of rotatable bonds is 6. The Morgan fingerprint density at radius 2 is 1.89 bits per heavy atom. The Morgan fingerprint density at radius 1 is 1.21 bits per heavy atom. The van der Waals surface area contributed by atoms with E-state index in [1.54, 1.807) is 0 Å². The third-order valence-electron chi connectivity index (χ3n) is 3.64. The van der Waals surface area contributed by atoms with Crippen LogP contribution >= 0.6 is 0 Å². The van der Waals surface area contributed by atoms with Crippen LogP contribution < -0.4 is 0 Å². The van der Waals surface area contributed by atoms with Gasteiger partial charge in [0.2, 0.25) is 0 Å². The minimum atomic E-state index is 0.222. The monoisotopic (exact) mass is 261 g/mol. The number of nitrogens with zero attached hydrogens (tertiary/aromatic N) is 1. The summed E-state index contributed by atoms with van der Waals surface area (Å²) in [5, 5.41) is 0. The van der Waals surface area contributed by atoms with E-state index in [9.17, 15) is 4.79 Å². The quantitative estimate of drug-likeness (QED) is 0.737. The lowest BCUT2D eigenvalue weighted by Gasteiger charge is -2.26. The highest BCUT2D eigenvalue weighted by molar-refractivity contribution is 5.95. The largest absolute Gasteiger partial charge is 0.379 e. The zero-order valence-corrected chi connectivity index (χ0v) is 11.7. The van der Waals surface area contributed by atoms with Crippen LogP contribution in [0.2, 0.25) is 0 Å². The van der Waals surface area contributed by atoms with Gasteiger partial charge >= 0.3 is 0 Å². The zero-order valence-electron chi connectivity index (χ0n) is 11.7. The van der Waals surface area contributed by atoms with E-state index >= 15 is 0 Å². The van der Waals surface area contributed by atoms with Gasteiger partial charge in [-0.15, -0.1) is 0 Å². The smallest absolute Gasteiger partial charge is 0.162 e. The maximum atomic E-state index is 11.5. The zero-order chi connectivity index (χ0) is 13.5. The van der Waals surface area contributed by atoms with E-state index < -0.39 is 0 Å². The van der Waals surface area contributed by atoms with Gasteiger partial charge in [0.25, 0.3) is 0 Å². The molecule has 0 unspecified atom stereocenters. The SMILES string of the molecule is CCC(=O)c1ccc(CCCN2CCOCC2)cc1. The number of carbonyl (C=O) groups is 1. The molecule has 1 aliphatic heterocycles. The summed E-state index contributed by atoms with van der Waals surface area (Å²) in [6.45, 7) is 6.90. The van der Waals surface area contributed by atoms with Crippen molar-refractivity contribution >= 4 is 5.78 Å². The minimum absolute atomic E-state index is 0.222. The predicted octanol–water partition coefficient (Wildman–Crippen LogP) is 2.54. The number of morpholine rings is 1. The third kappa shape index (κ3) is 4.44. The summed E-state index contributed by atoms with van der Waals surface area (Å²) < 4.78 is 5.34. The molecule has 3 heteroatoms. The maximum Gasteiger partial charge on any atom is 0.162 e. The van der Waals surface area contributed by atoms with E-state index in [0.717, 1.165) is 44.8 Å². The second-order valence-corrected chi connectivity index (χ2v) is 5.03. The normalized spacial score (nSPS) is 16.5. The van der Waals surface area contributed by atoms with Crippen LogP contribution in [0.5, 0.6) is 0 Å². The van der Waals surface area contributed by atoms with Crippen molar-refractivity contribution in [2.24, 2.45) is 0 Å². The van der Waals surface area contributed by atoms with Gasteiger partial charge < -0.3 is 4.74 Å². The molecule has 19 heavy (non-hydrogen) atoms. The van der Waals surface area contributed by atoms with E-state index in [0.29, 0.717) is 6.42 Å². The van der Waals surface area contributed by atoms with Crippen LogP contribution in [0.25, 0.3) is 0 Å². The van der Waals surface area contributed by atoms with E-state index in [1.807, 2.05) is 19.1 Å². The van der Waals surface area contributed by atoms with E-state index in [-0.39, 0.29) is 5.78 Å². The Bertz CT molecular complexity index is 394. The first-order valence-electron chi connectivity index (χ1n) is 7.22. The van der Waals surface area contributed by atoms with Gasteiger partial charge in [-0.25, -0.2) is 0 Å². The highest BCUT2D eigenvalue weighted by Gasteiger charge is 2.09. The van der Waals surface area contributed by atoms with Gasteiger partial charge in [-0.2, -0.15) is 0 Å². The number of Topliss-reactive ketones (excluding diaryl/α,β-unsaturated/α-hetero) is 1. The third-order valence-corrected chi connectivity index (χ3v) is 3.64. The first kappa shape index (κ1) is 14.2. The Labute approximate surface area is 115 Å². The van der Waals surface area contributed by atoms with Gasteiger partial charge in [-0.05, 0) is 24.9 Å². The fraction of sp³-hybridized carbons (Fsp3) is 0.562. The lowest BCUT2D eigenvalue weighted by molar-refractivity contribution is 0.0375. The summed E-state index contributed by atoms with van der Waals surface area (Å²) in [7, 11) is 0. The molecule has 0 radical (unpaired) electrons. The van der Waals surface area contributed by atoms with E-state index in [1.165, 1.54) is 12.0 Å². The van der Waals surface area contributed by atoms with E-state index in [4.69, 9.17) is 4.74 Å². The molecule has 0 N–H and O–H groups in total. The average Bonchev–Trinajstić information content (AvgIpc) is 2.48. The van der Waals surface area contributed by atoms with Crippen LogP contribution in [0, 0.1) is 0 Å². The van der Waals surface area contributed by atoms with Crippen LogP contribution in [0.4, 0.5) is 0 Å². The van der Waals surface area contributed by atoms with Crippen molar-refractivity contribution < 1.29 is 9.53 Å². The number of ether oxygens (including phenoxy) is 1. The summed E-state index contributed by atoms with van der Waals surface area (Å²) in [6, 6.07) is 8.08. The standard InChI is InChI=1S/C16H23NO2/c1-2-16(18)15-7-5-14(6-8-15)4-3-9-17-10-12-19-13-11-17/h5-8H,2-4,9-13H2,1H3. The number of hydrogen-bond acceptors (Lipinski definition) is 3. The molecule has 104 valence electrons. The fourth-order valence-corrected chi connectivity index (χ4v) is 2.39. The van der Waals surface area contributed by atoms with Crippen molar-refractivity contribution in [1.29, 1.82) is 0 Å². The summed E-state index contributed by atoms with van der Waals surface area (Å²) in [5.74, 6) is 0.222. The Kier molecular flexibility index (Phi) is 5.55. The molecule has 1 heterocycles. The number of aryl methyl sites for hydroxylation is 1. The van der Waals surface area contributed by atoms with Crippen molar-refractivity contribution in [1.82, 2.24) is 4.90 Å². The van der Waals surface area contributed by atoms with Crippen molar-refractivity contribution in [3.63, 3.8) is 0 Å². The Balaban J connectivity index is 1.75. The molecule has 0 bridgehead atoms. The molecule has 0 saturated carbocycles. The lowest BCUT2D eigenvalue weighted by Crippen LogP contribution is -2.36. The summed E-state index contributed by atoms with van der Waals surface area (Å²) in [6.07, 6.45) is 2.83. The van der Waals surface area contributed by atoms with E-state index in [2.05, 4.69) is 17.0 Å². The Hall–Kier alpha value is -1.19. The summed E-state index contributed by atoms with van der Waals surface area (Å²) in [4.78, 5) is 14.0. The molecule has 0 aliphatic carbocycles. The molecular weight excluding hydrogens is 238 g/mol. The molecule has 1 saturated heterocycles. The second kappa shape index (κ2) is 7.41. The van der Waals surface area contributed by atoms with Crippen molar-refractivity contribution in [3.8, 4) is 0 Å². The molecule has 1 aliphatic rings. The summed E-state index contributed by atoms with van der Waals surface area (Å²) >= 11 is 0. The minimum Gasteiger partial charge on any atom is -0.379 e. The number of carbonyl (C=O) groups excluding carboxylic acids is 1. The van der Waals surface area contributed by atoms with Gasteiger partial charge in [-0.3, -0.25) is 9.69 Å². The molecule has 1 fully saturated rings. The highest BCUT2D eigenvalue weighted by Crippen LogP contribution is 2.09. The van der Waals surface area contributed by atoms with Crippen LogP contribution in [0.3, 0.4) is 0 Å². The topological polar surface area (TPSA) is 29.5 Å². The number of hydrogen-bond donors (Lipinski definition) is 0. The molecule has 0 spiro atoms. The maximum absolute atomic E-state index is 11.5. The van der Waals surface area contributed by atoms with Gasteiger partial charge in [0.15, 0.2) is 5.78 Å². The summed E-state index contributed by atoms with van der Waals surface area (Å²) in [5.41, 5.74) is 2.15. The van der Waals surface area contributed by atoms with Crippen LogP contribution in [0.1, 0.15) is 35.7 Å². The van der Waals surface area contributed by atoms with Crippen molar-refractivity contribution in [2.75, 3.05) is 32.8 Å². The number of ketones is 1. The predicted molar refractivity (Wildman–Crippen MR) is 76.6 cm³/mol. The van der Waals surface area contributed by atoms with Crippen molar-refractivity contribution in [2.45, 2.75) is 26.2 Å². The first-order chi connectivity index (χ1) is 9.29. The fourth-order valence-electron chi connectivity index (χ4n) is 2.39. The van der Waals surface area contributed by atoms with Crippen LogP contribution in [-0.2, 0) is 11.2 Å². The molecule has 1 aromatic carbocycles. The average molecular weight is 261 g/mol. The highest BCUT2D eigenvalue weighted by atomic mass is 16.5. The van der Waals surface area contributed by atoms with Gasteiger partial charge in [0.05, 0.1) is 13.2 Å². The lowest BCUT2D eigenvalue weighted by atomic mass is 10.0. The molecule has 1 aromatic rings. The molecule has 3 nitrogen and oxygen atoms in total. The molecule has 0 atom stereocenters. The van der Waals surface area contributed by atoms with Gasteiger partial charge in [0, 0.05) is 25.1 Å². The van der Waals surface area contributed by atoms with Crippen LogP contribution in [-0.4, -0.2) is 43.5 Å². The van der Waals surface area contributed by atoms with Crippen molar-refractivity contribution in [3.05, 3.63) is 35.4 Å². The van der Waals surface area contributed by atoms with Crippen LogP contribution in [0.15, 0.2) is 24.3 Å². The second-order valence-electron chi connectivity index (χ2n) is 5.03.